The Balaban J connectivity index is 1.21. The minimum absolute atomic E-state index is 0.214. The summed E-state index contributed by atoms with van der Waals surface area (Å²) in [4.78, 5) is 81.2. The fourth-order valence-electron chi connectivity index (χ4n) is 5.64. The third-order valence-corrected chi connectivity index (χ3v) is 10.1. The summed E-state index contributed by atoms with van der Waals surface area (Å²) in [5, 5.41) is 2.43. The van der Waals surface area contributed by atoms with Crippen molar-refractivity contribution >= 4 is 64.1 Å². The highest BCUT2D eigenvalue weighted by molar-refractivity contribution is 8.00. The second-order valence-corrected chi connectivity index (χ2v) is 12.9. The fourth-order valence-corrected chi connectivity index (χ4v) is 8.15. The van der Waals surface area contributed by atoms with Crippen LogP contribution in [0.4, 0.5) is 11.4 Å². The first-order chi connectivity index (χ1) is 23.2. The molecule has 2 aliphatic heterocycles. The molecule has 3 atom stereocenters. The summed E-state index contributed by atoms with van der Waals surface area (Å²) in [7, 11) is 0. The third-order valence-electron chi connectivity index (χ3n) is 7.73. The number of rotatable bonds is 10. The van der Waals surface area contributed by atoms with Crippen molar-refractivity contribution in [2.24, 2.45) is 5.92 Å². The Labute approximate surface area is 282 Å². The number of amides is 3. The quantitative estimate of drug-likeness (QED) is 0.178. The summed E-state index contributed by atoms with van der Waals surface area (Å²) >= 11 is 2.14. The second kappa shape index (κ2) is 13.9. The molecule has 1 fully saturated rings. The van der Waals surface area contributed by atoms with Gasteiger partial charge in [-0.3, -0.25) is 19.2 Å². The van der Waals surface area contributed by atoms with Crippen LogP contribution >= 0.6 is 23.1 Å². The van der Waals surface area contributed by atoms with E-state index in [4.69, 9.17) is 14.2 Å². The Bertz CT molecular complexity index is 1950. The van der Waals surface area contributed by atoms with Gasteiger partial charge in [-0.1, -0.05) is 35.2 Å². The van der Waals surface area contributed by atoms with Crippen LogP contribution < -0.4 is 19.8 Å². The molecule has 6 rings (SSSR count). The largest absolute Gasteiger partial charge is 0.484 e. The maximum Gasteiger partial charge on any atom is 0.338 e. The number of thioether (sulfide) groups is 1. The number of anilines is 2. The molecule has 1 aromatic heterocycles. The van der Waals surface area contributed by atoms with Gasteiger partial charge < -0.3 is 24.5 Å². The number of carbonyl (C=O) groups is 5. The number of aromatic nitrogens is 1. The Hall–Kier alpha value is -5.21. The topological polar surface area (TPSA) is 161 Å². The van der Waals surface area contributed by atoms with E-state index in [-0.39, 0.29) is 24.7 Å². The van der Waals surface area contributed by atoms with Crippen LogP contribution in [0.2, 0.25) is 0 Å². The maximum atomic E-state index is 14.0. The Morgan fingerprint density at radius 3 is 2.15 bits per heavy atom. The van der Waals surface area contributed by atoms with E-state index in [2.05, 4.69) is 10.3 Å². The molecule has 3 amide bonds. The number of thiazole rings is 1. The highest BCUT2D eigenvalue weighted by Crippen LogP contribution is 2.53. The molecule has 0 spiro atoms. The van der Waals surface area contributed by atoms with Gasteiger partial charge >= 0.3 is 16.8 Å². The summed E-state index contributed by atoms with van der Waals surface area (Å²) in [6.07, 6.45) is 0. The van der Waals surface area contributed by atoms with Crippen LogP contribution in [0.5, 0.6) is 5.75 Å². The molecular weight excluding hydrogens is 659 g/mol. The number of H-pyrrole nitrogens is 1. The van der Waals surface area contributed by atoms with Gasteiger partial charge in [-0.15, -0.1) is 0 Å². The number of nitrogens with one attached hydrogen (secondary N) is 2. The molecule has 3 unspecified atom stereocenters. The summed E-state index contributed by atoms with van der Waals surface area (Å²) in [6.45, 7) is 3.56. The van der Waals surface area contributed by atoms with Crippen LogP contribution in [0.25, 0.3) is 0 Å². The number of esters is 2. The van der Waals surface area contributed by atoms with E-state index in [0.29, 0.717) is 43.7 Å². The van der Waals surface area contributed by atoms with Crippen molar-refractivity contribution in [1.82, 2.24) is 4.98 Å². The van der Waals surface area contributed by atoms with Gasteiger partial charge in [0, 0.05) is 16.5 Å². The van der Waals surface area contributed by atoms with Gasteiger partial charge in [0.25, 0.3) is 5.91 Å². The number of benzene rings is 3. The molecule has 3 heterocycles. The maximum absolute atomic E-state index is 14.0. The van der Waals surface area contributed by atoms with Crippen molar-refractivity contribution < 1.29 is 38.2 Å². The van der Waals surface area contributed by atoms with E-state index in [1.807, 2.05) is 0 Å². The Kier molecular flexibility index (Phi) is 9.46. The molecule has 1 saturated heterocycles. The van der Waals surface area contributed by atoms with Gasteiger partial charge in [0.05, 0.1) is 41.0 Å². The van der Waals surface area contributed by atoms with Gasteiger partial charge in [-0.2, -0.15) is 0 Å². The summed E-state index contributed by atoms with van der Waals surface area (Å²) < 4.78 is 15.8. The molecule has 14 heteroatoms. The van der Waals surface area contributed by atoms with Gasteiger partial charge in [0.1, 0.15) is 11.0 Å². The highest BCUT2D eigenvalue weighted by atomic mass is 32.2. The molecule has 2 N–H and O–H groups in total. The lowest BCUT2D eigenvalue weighted by Crippen LogP contribution is -2.32. The van der Waals surface area contributed by atoms with Crippen molar-refractivity contribution in [3.05, 3.63) is 104 Å². The van der Waals surface area contributed by atoms with Crippen molar-refractivity contribution in [3.63, 3.8) is 0 Å². The predicted molar refractivity (Wildman–Crippen MR) is 178 cm³/mol. The standard InChI is InChI=1S/C34H29N3O9S2/c1-3-44-32(41)18-8-12-21(13-9-18)35-24(38)17-46-23-7-5-6-20(16-23)25-26-28(47-29-27(25)48-34(43)36-29)31(40)37(30(26)39)22-14-10-19(11-15-22)33(42)45-4-2/h5-16,25-26,28H,3-4,17H2,1-2H3,(H,35,38)(H,36,43). The highest BCUT2D eigenvalue weighted by Gasteiger charge is 2.56. The second-order valence-electron chi connectivity index (χ2n) is 10.7. The van der Waals surface area contributed by atoms with E-state index in [0.717, 1.165) is 28.0 Å². The zero-order valence-corrected chi connectivity index (χ0v) is 27.4. The number of ether oxygens (including phenoxy) is 3. The van der Waals surface area contributed by atoms with Crippen molar-refractivity contribution in [3.8, 4) is 5.75 Å². The van der Waals surface area contributed by atoms with E-state index in [1.54, 1.807) is 62.4 Å². The predicted octanol–water partition coefficient (Wildman–Crippen LogP) is 4.60. The van der Waals surface area contributed by atoms with E-state index in [1.165, 1.54) is 24.3 Å². The van der Waals surface area contributed by atoms with Crippen LogP contribution in [0.3, 0.4) is 0 Å². The van der Waals surface area contributed by atoms with Crippen LogP contribution in [0, 0.1) is 5.92 Å². The lowest BCUT2D eigenvalue weighted by atomic mass is 9.83. The molecule has 48 heavy (non-hydrogen) atoms. The van der Waals surface area contributed by atoms with Crippen LogP contribution in [-0.2, 0) is 23.9 Å². The Morgan fingerprint density at radius 1 is 0.854 bits per heavy atom. The lowest BCUT2D eigenvalue weighted by Gasteiger charge is -2.30. The minimum atomic E-state index is -0.831. The molecule has 2 aliphatic rings. The monoisotopic (exact) mass is 687 g/mol. The molecule has 0 radical (unpaired) electrons. The van der Waals surface area contributed by atoms with Crippen molar-refractivity contribution in [2.75, 3.05) is 30.0 Å². The molecule has 0 aliphatic carbocycles. The number of hydrogen-bond donors (Lipinski definition) is 2. The average molecular weight is 688 g/mol. The average Bonchev–Trinajstić information content (AvgIpc) is 3.58. The number of carbonyl (C=O) groups excluding carboxylic acids is 5. The number of imide groups is 1. The first kappa shape index (κ1) is 32.7. The normalized spacial score (nSPS) is 18.1. The van der Waals surface area contributed by atoms with E-state index < -0.39 is 46.7 Å². The number of aromatic amines is 1. The third kappa shape index (κ3) is 6.49. The van der Waals surface area contributed by atoms with E-state index >= 15 is 0 Å². The van der Waals surface area contributed by atoms with Gasteiger partial charge in [-0.25, -0.2) is 14.5 Å². The number of hydrogen-bond acceptors (Lipinski definition) is 11. The lowest BCUT2D eigenvalue weighted by molar-refractivity contribution is -0.122. The summed E-state index contributed by atoms with van der Waals surface area (Å²) in [5.41, 5.74) is 2.08. The van der Waals surface area contributed by atoms with Crippen molar-refractivity contribution in [2.45, 2.75) is 30.0 Å². The minimum Gasteiger partial charge on any atom is -0.484 e. The molecule has 0 saturated carbocycles. The zero-order valence-electron chi connectivity index (χ0n) is 25.7. The smallest absolute Gasteiger partial charge is 0.338 e. The van der Waals surface area contributed by atoms with Crippen molar-refractivity contribution in [1.29, 1.82) is 0 Å². The Morgan fingerprint density at radius 2 is 1.50 bits per heavy atom. The van der Waals surface area contributed by atoms with Gasteiger partial charge in [0.2, 0.25) is 11.8 Å². The molecule has 3 aromatic carbocycles. The summed E-state index contributed by atoms with van der Waals surface area (Å²) in [6, 6.07) is 19.2. The first-order valence-corrected chi connectivity index (χ1v) is 16.7. The van der Waals surface area contributed by atoms with E-state index in [9.17, 15) is 28.8 Å². The summed E-state index contributed by atoms with van der Waals surface area (Å²) in [5.74, 6) is -3.40. The molecule has 0 bridgehead atoms. The number of nitrogens with zero attached hydrogens (tertiary/aromatic N) is 1. The number of fused-ring (bicyclic) bond motifs is 2. The van der Waals surface area contributed by atoms with Crippen LogP contribution in [0.1, 0.15) is 50.9 Å². The zero-order chi connectivity index (χ0) is 33.9. The fraction of sp³-hybridized carbons (Fsp3) is 0.235. The molecule has 4 aromatic rings. The van der Waals surface area contributed by atoms with Crippen LogP contribution in [0.15, 0.2) is 82.6 Å². The SMILES string of the molecule is CCOC(=O)c1ccc(NC(=O)COc2cccc(C3c4sc(=O)[nH]c4SC4C(=O)N(c5ccc(C(=O)OCC)cc5)C(=O)C43)c2)cc1. The van der Waals surface area contributed by atoms with Gasteiger partial charge in [0.15, 0.2) is 6.61 Å². The molecule has 12 nitrogen and oxygen atoms in total. The van der Waals surface area contributed by atoms with Crippen LogP contribution in [-0.4, -0.2) is 59.7 Å². The van der Waals surface area contributed by atoms with Gasteiger partial charge in [-0.05, 0) is 80.1 Å². The first-order valence-electron chi connectivity index (χ1n) is 15.0. The molecule has 246 valence electrons. The molecular formula is C34H29N3O9S2.